The summed E-state index contributed by atoms with van der Waals surface area (Å²) in [4.78, 5) is 22.1. The molecule has 0 saturated heterocycles. The molecule has 0 radical (unpaired) electrons. The van der Waals surface area contributed by atoms with Crippen molar-refractivity contribution in [1.82, 2.24) is 5.32 Å². The van der Waals surface area contributed by atoms with Crippen LogP contribution in [0.2, 0.25) is 0 Å². The van der Waals surface area contributed by atoms with Gasteiger partial charge in [0.2, 0.25) is 11.8 Å². The van der Waals surface area contributed by atoms with E-state index in [-0.39, 0.29) is 18.4 Å². The van der Waals surface area contributed by atoms with Crippen molar-refractivity contribution in [2.45, 2.75) is 45.7 Å². The van der Waals surface area contributed by atoms with Gasteiger partial charge in [-0.15, -0.1) is 0 Å². The summed E-state index contributed by atoms with van der Waals surface area (Å²) in [7, 11) is 0. The van der Waals surface area contributed by atoms with Crippen LogP contribution in [0.15, 0.2) is 0 Å². The van der Waals surface area contributed by atoms with Crippen LogP contribution in [0, 0.1) is 5.92 Å². The fourth-order valence-electron chi connectivity index (χ4n) is 1.32. The molecule has 5 heteroatoms. The molecule has 88 valence electrons. The zero-order valence-electron chi connectivity index (χ0n) is 9.62. The third kappa shape index (κ3) is 6.90. The van der Waals surface area contributed by atoms with Gasteiger partial charge in [-0.2, -0.15) is 0 Å². The first kappa shape index (κ1) is 13.9. The molecule has 0 rings (SSSR count). The van der Waals surface area contributed by atoms with Crippen LogP contribution in [0.5, 0.6) is 0 Å². The van der Waals surface area contributed by atoms with Gasteiger partial charge in [0, 0.05) is 12.5 Å². The van der Waals surface area contributed by atoms with E-state index in [4.69, 9.17) is 11.5 Å². The number of nitrogens with one attached hydrogen (secondary N) is 1. The van der Waals surface area contributed by atoms with E-state index in [0.717, 1.165) is 0 Å². The monoisotopic (exact) mass is 215 g/mol. The highest BCUT2D eigenvalue weighted by Crippen LogP contribution is 2.03. The van der Waals surface area contributed by atoms with Gasteiger partial charge in [0.15, 0.2) is 0 Å². The number of primary amides is 1. The zero-order valence-corrected chi connectivity index (χ0v) is 9.62. The summed E-state index contributed by atoms with van der Waals surface area (Å²) in [5.74, 6) is -0.283. The lowest BCUT2D eigenvalue weighted by molar-refractivity contribution is -0.123. The van der Waals surface area contributed by atoms with E-state index in [1.165, 1.54) is 0 Å². The maximum atomic E-state index is 11.5. The lowest BCUT2D eigenvalue weighted by Crippen LogP contribution is -2.46. The minimum absolute atomic E-state index is 0.139. The molecule has 2 atom stereocenters. The third-order valence-corrected chi connectivity index (χ3v) is 1.96. The molecule has 2 amide bonds. The van der Waals surface area contributed by atoms with Crippen LogP contribution in [0.1, 0.15) is 33.6 Å². The molecule has 0 saturated carbocycles. The fraction of sp³-hybridized carbons (Fsp3) is 0.800. The second kappa shape index (κ2) is 6.40. The van der Waals surface area contributed by atoms with Gasteiger partial charge in [-0.3, -0.25) is 9.59 Å². The standard InChI is InChI=1S/C10H21N3O2/c1-6(2)4-8(11)10(15)13-7(3)5-9(12)14/h6-8H,4-5,11H2,1-3H3,(H2,12,14)(H,13,15)/t7?,8-/m1/s1. The van der Waals surface area contributed by atoms with Gasteiger partial charge in [0.1, 0.15) is 0 Å². The van der Waals surface area contributed by atoms with Gasteiger partial charge in [-0.25, -0.2) is 0 Å². The van der Waals surface area contributed by atoms with E-state index >= 15 is 0 Å². The van der Waals surface area contributed by atoms with E-state index in [0.29, 0.717) is 12.3 Å². The van der Waals surface area contributed by atoms with Crippen LogP contribution in [0.25, 0.3) is 0 Å². The summed E-state index contributed by atoms with van der Waals surface area (Å²) in [6, 6.07) is -0.770. The first-order chi connectivity index (χ1) is 6.82. The normalized spacial score (nSPS) is 14.7. The average molecular weight is 215 g/mol. The van der Waals surface area contributed by atoms with Gasteiger partial charge in [0.05, 0.1) is 6.04 Å². The van der Waals surface area contributed by atoms with Crippen LogP contribution in [-0.4, -0.2) is 23.9 Å². The Morgan fingerprint density at radius 1 is 1.27 bits per heavy atom. The van der Waals surface area contributed by atoms with Crippen molar-refractivity contribution < 1.29 is 9.59 Å². The Morgan fingerprint density at radius 3 is 2.20 bits per heavy atom. The van der Waals surface area contributed by atoms with Gasteiger partial charge in [-0.05, 0) is 19.3 Å². The molecule has 0 aromatic heterocycles. The summed E-state index contributed by atoms with van der Waals surface area (Å²) in [5.41, 5.74) is 10.7. The molecule has 0 aliphatic heterocycles. The summed E-state index contributed by atoms with van der Waals surface area (Å²) in [5, 5.41) is 2.65. The second-order valence-corrected chi connectivity index (χ2v) is 4.32. The van der Waals surface area contributed by atoms with Crippen LogP contribution >= 0.6 is 0 Å². The van der Waals surface area contributed by atoms with Crippen molar-refractivity contribution in [1.29, 1.82) is 0 Å². The Kier molecular flexibility index (Phi) is 5.93. The van der Waals surface area contributed by atoms with E-state index in [9.17, 15) is 9.59 Å². The van der Waals surface area contributed by atoms with Gasteiger partial charge in [-0.1, -0.05) is 13.8 Å². The molecule has 0 aliphatic rings. The highest BCUT2D eigenvalue weighted by Gasteiger charge is 2.17. The lowest BCUT2D eigenvalue weighted by atomic mass is 10.0. The maximum Gasteiger partial charge on any atom is 0.237 e. The van der Waals surface area contributed by atoms with Crippen LogP contribution in [0.3, 0.4) is 0 Å². The second-order valence-electron chi connectivity index (χ2n) is 4.32. The average Bonchev–Trinajstić information content (AvgIpc) is 2.00. The van der Waals surface area contributed by atoms with Crippen LogP contribution < -0.4 is 16.8 Å². The van der Waals surface area contributed by atoms with Crippen molar-refractivity contribution in [3.05, 3.63) is 0 Å². The van der Waals surface area contributed by atoms with Crippen LogP contribution in [-0.2, 0) is 9.59 Å². The predicted molar refractivity (Wildman–Crippen MR) is 58.8 cm³/mol. The quantitative estimate of drug-likeness (QED) is 0.569. The molecule has 0 aliphatic carbocycles. The summed E-state index contributed by atoms with van der Waals surface area (Å²) < 4.78 is 0. The Balaban J connectivity index is 3.95. The summed E-state index contributed by atoms with van der Waals surface area (Å²) in [6.07, 6.45) is 0.773. The van der Waals surface area contributed by atoms with Crippen molar-refractivity contribution in [3.8, 4) is 0 Å². The Bertz CT molecular complexity index is 229. The summed E-state index contributed by atoms with van der Waals surface area (Å²) >= 11 is 0. The Labute approximate surface area is 90.6 Å². The van der Waals surface area contributed by atoms with Crippen molar-refractivity contribution in [2.75, 3.05) is 0 Å². The molecule has 0 aromatic rings. The Morgan fingerprint density at radius 2 is 1.80 bits per heavy atom. The van der Waals surface area contributed by atoms with Gasteiger partial charge < -0.3 is 16.8 Å². The highest BCUT2D eigenvalue weighted by atomic mass is 16.2. The van der Waals surface area contributed by atoms with E-state index in [1.54, 1.807) is 6.92 Å². The van der Waals surface area contributed by atoms with Gasteiger partial charge >= 0.3 is 0 Å². The molecule has 0 spiro atoms. The van der Waals surface area contributed by atoms with Crippen molar-refractivity contribution >= 4 is 11.8 Å². The Hall–Kier alpha value is -1.10. The van der Waals surface area contributed by atoms with Crippen molar-refractivity contribution in [3.63, 3.8) is 0 Å². The molecular formula is C10H21N3O2. The molecule has 15 heavy (non-hydrogen) atoms. The number of carbonyl (C=O) groups excluding carboxylic acids is 2. The minimum Gasteiger partial charge on any atom is -0.370 e. The van der Waals surface area contributed by atoms with Crippen molar-refractivity contribution in [2.24, 2.45) is 17.4 Å². The van der Waals surface area contributed by atoms with E-state index in [1.807, 2.05) is 13.8 Å². The molecule has 5 nitrogen and oxygen atoms in total. The smallest absolute Gasteiger partial charge is 0.237 e. The number of hydrogen-bond acceptors (Lipinski definition) is 3. The SMILES string of the molecule is CC(C)C[C@@H](N)C(=O)NC(C)CC(N)=O. The lowest BCUT2D eigenvalue weighted by Gasteiger charge is -2.17. The molecule has 1 unspecified atom stereocenters. The molecule has 0 fully saturated rings. The van der Waals surface area contributed by atoms with E-state index < -0.39 is 11.9 Å². The fourth-order valence-corrected chi connectivity index (χ4v) is 1.32. The molecule has 5 N–H and O–H groups in total. The number of nitrogens with two attached hydrogens (primary N) is 2. The van der Waals surface area contributed by atoms with Gasteiger partial charge in [0.25, 0.3) is 0 Å². The molecule has 0 heterocycles. The number of amides is 2. The zero-order chi connectivity index (χ0) is 12.0. The first-order valence-corrected chi connectivity index (χ1v) is 5.17. The third-order valence-electron chi connectivity index (χ3n) is 1.96. The largest absolute Gasteiger partial charge is 0.370 e. The topological polar surface area (TPSA) is 98.2 Å². The maximum absolute atomic E-state index is 11.5. The number of hydrogen-bond donors (Lipinski definition) is 3. The molecule has 0 aromatic carbocycles. The molecular weight excluding hydrogens is 194 g/mol. The van der Waals surface area contributed by atoms with E-state index in [2.05, 4.69) is 5.32 Å². The summed E-state index contributed by atoms with van der Waals surface area (Å²) in [6.45, 7) is 5.73. The number of carbonyl (C=O) groups is 2. The minimum atomic E-state index is -0.514. The van der Waals surface area contributed by atoms with Crippen LogP contribution in [0.4, 0.5) is 0 Å². The number of rotatable bonds is 6. The molecule has 0 bridgehead atoms. The first-order valence-electron chi connectivity index (χ1n) is 5.17. The highest BCUT2D eigenvalue weighted by molar-refractivity contribution is 5.82. The predicted octanol–water partition coefficient (Wildman–Crippen LogP) is -0.260.